The van der Waals surface area contributed by atoms with Crippen LogP contribution in [0.3, 0.4) is 0 Å². The molecule has 1 aromatic heterocycles. The largest absolute Gasteiger partial charge is 0.353 e. The van der Waals surface area contributed by atoms with Crippen LogP contribution in [0.25, 0.3) is 0 Å². The van der Waals surface area contributed by atoms with Gasteiger partial charge in [0.25, 0.3) is 0 Å². The number of aryl methyl sites for hydroxylation is 2. The molecular formula is C12H23N3. The summed E-state index contributed by atoms with van der Waals surface area (Å²) in [6, 6.07) is 0.487. The molecule has 2 unspecified atom stereocenters. The van der Waals surface area contributed by atoms with E-state index in [-0.39, 0.29) is 0 Å². The normalized spacial score (nSPS) is 15.0. The Bertz CT molecular complexity index is 304. The lowest BCUT2D eigenvalue weighted by Crippen LogP contribution is -2.20. The summed E-state index contributed by atoms with van der Waals surface area (Å²) < 4.78 is 2.04. The second-order valence-electron chi connectivity index (χ2n) is 4.61. The molecule has 2 atom stereocenters. The van der Waals surface area contributed by atoms with Crippen LogP contribution in [0.5, 0.6) is 0 Å². The Kier molecular flexibility index (Phi) is 4.18. The van der Waals surface area contributed by atoms with Crippen molar-refractivity contribution >= 4 is 5.95 Å². The third-order valence-corrected chi connectivity index (χ3v) is 2.83. The molecule has 1 rings (SSSR count). The van der Waals surface area contributed by atoms with Crippen molar-refractivity contribution in [1.82, 2.24) is 9.55 Å². The Morgan fingerprint density at radius 2 is 2.13 bits per heavy atom. The molecule has 0 spiro atoms. The smallest absolute Gasteiger partial charge is 0.202 e. The lowest BCUT2D eigenvalue weighted by atomic mass is 10.0. The third-order valence-electron chi connectivity index (χ3n) is 2.83. The average Bonchev–Trinajstić information content (AvgIpc) is 2.44. The van der Waals surface area contributed by atoms with Crippen LogP contribution in [0, 0.1) is 12.8 Å². The molecule has 0 bridgehead atoms. The molecule has 3 nitrogen and oxygen atoms in total. The maximum absolute atomic E-state index is 4.44. The highest BCUT2D eigenvalue weighted by Crippen LogP contribution is 2.14. The molecule has 0 aliphatic carbocycles. The fraction of sp³-hybridized carbons (Fsp3) is 0.750. The van der Waals surface area contributed by atoms with Crippen molar-refractivity contribution in [1.29, 1.82) is 0 Å². The number of hydrogen-bond acceptors (Lipinski definition) is 2. The van der Waals surface area contributed by atoms with Crippen LogP contribution in [-0.4, -0.2) is 15.6 Å². The van der Waals surface area contributed by atoms with Crippen molar-refractivity contribution in [3.63, 3.8) is 0 Å². The van der Waals surface area contributed by atoms with E-state index in [1.807, 2.05) is 24.7 Å². The minimum Gasteiger partial charge on any atom is -0.353 e. The summed E-state index contributed by atoms with van der Waals surface area (Å²) >= 11 is 0. The quantitative estimate of drug-likeness (QED) is 0.808. The van der Waals surface area contributed by atoms with E-state index >= 15 is 0 Å². The molecule has 1 aromatic rings. The zero-order valence-corrected chi connectivity index (χ0v) is 10.5. The monoisotopic (exact) mass is 209 g/mol. The van der Waals surface area contributed by atoms with Gasteiger partial charge in [0.05, 0.1) is 5.69 Å². The highest BCUT2D eigenvalue weighted by Gasteiger charge is 2.09. The minimum absolute atomic E-state index is 0.487. The van der Waals surface area contributed by atoms with Gasteiger partial charge in [-0.05, 0) is 26.2 Å². The van der Waals surface area contributed by atoms with E-state index in [1.54, 1.807) is 0 Å². The van der Waals surface area contributed by atoms with Gasteiger partial charge >= 0.3 is 0 Å². The van der Waals surface area contributed by atoms with Crippen molar-refractivity contribution in [3.05, 3.63) is 11.9 Å². The van der Waals surface area contributed by atoms with E-state index in [4.69, 9.17) is 0 Å². The number of hydrogen-bond donors (Lipinski definition) is 1. The molecule has 0 radical (unpaired) electrons. The van der Waals surface area contributed by atoms with E-state index in [9.17, 15) is 0 Å². The van der Waals surface area contributed by atoms with Gasteiger partial charge in [-0.25, -0.2) is 4.98 Å². The van der Waals surface area contributed by atoms with Gasteiger partial charge in [-0.2, -0.15) is 0 Å². The number of nitrogens with zero attached hydrogens (tertiary/aromatic N) is 2. The number of rotatable bonds is 5. The predicted molar refractivity (Wildman–Crippen MR) is 65.1 cm³/mol. The zero-order chi connectivity index (χ0) is 11.4. The molecule has 0 saturated heterocycles. The maximum Gasteiger partial charge on any atom is 0.202 e. The third kappa shape index (κ3) is 3.57. The van der Waals surface area contributed by atoms with E-state index in [2.05, 4.69) is 31.1 Å². The Morgan fingerprint density at radius 1 is 1.47 bits per heavy atom. The molecule has 0 saturated carbocycles. The minimum atomic E-state index is 0.487. The van der Waals surface area contributed by atoms with Gasteiger partial charge < -0.3 is 9.88 Å². The molecule has 0 amide bonds. The van der Waals surface area contributed by atoms with Crippen molar-refractivity contribution in [3.8, 4) is 0 Å². The standard InChI is InChI=1S/C12H23N3/c1-6-9(2)7-10(3)13-12-14-11(4)8-15(12)5/h8-10H,6-7H2,1-5H3,(H,13,14). The van der Waals surface area contributed by atoms with E-state index in [1.165, 1.54) is 12.8 Å². The molecule has 0 aliphatic heterocycles. The number of aromatic nitrogens is 2. The van der Waals surface area contributed by atoms with Gasteiger partial charge in [0.15, 0.2) is 0 Å². The summed E-state index contributed by atoms with van der Waals surface area (Å²) in [7, 11) is 2.03. The molecule has 0 aliphatic rings. The van der Waals surface area contributed by atoms with Crippen molar-refractivity contribution in [2.45, 2.75) is 46.6 Å². The van der Waals surface area contributed by atoms with Crippen LogP contribution in [0.1, 0.15) is 39.3 Å². The first-order valence-corrected chi connectivity index (χ1v) is 5.79. The molecule has 1 heterocycles. The summed E-state index contributed by atoms with van der Waals surface area (Å²) in [4.78, 5) is 4.44. The lowest BCUT2D eigenvalue weighted by molar-refractivity contribution is 0.482. The van der Waals surface area contributed by atoms with Crippen LogP contribution in [-0.2, 0) is 7.05 Å². The average molecular weight is 209 g/mol. The SMILES string of the molecule is CCC(C)CC(C)Nc1nc(C)cn1C. The van der Waals surface area contributed by atoms with E-state index < -0.39 is 0 Å². The molecule has 86 valence electrons. The summed E-state index contributed by atoms with van der Waals surface area (Å²) in [6.45, 7) is 8.77. The fourth-order valence-electron chi connectivity index (χ4n) is 1.80. The van der Waals surface area contributed by atoms with Crippen molar-refractivity contribution < 1.29 is 0 Å². The molecule has 15 heavy (non-hydrogen) atoms. The second kappa shape index (κ2) is 5.19. The van der Waals surface area contributed by atoms with Gasteiger partial charge in [0.1, 0.15) is 0 Å². The Morgan fingerprint density at radius 3 is 2.60 bits per heavy atom. The number of nitrogens with one attached hydrogen (secondary N) is 1. The van der Waals surface area contributed by atoms with Crippen LogP contribution in [0.2, 0.25) is 0 Å². The van der Waals surface area contributed by atoms with Crippen molar-refractivity contribution in [2.24, 2.45) is 13.0 Å². The van der Waals surface area contributed by atoms with Gasteiger partial charge in [0.2, 0.25) is 5.95 Å². The van der Waals surface area contributed by atoms with Gasteiger partial charge in [-0.3, -0.25) is 0 Å². The summed E-state index contributed by atoms with van der Waals surface area (Å²) in [5, 5.41) is 3.45. The topological polar surface area (TPSA) is 29.9 Å². The lowest BCUT2D eigenvalue weighted by Gasteiger charge is -2.17. The molecule has 1 N–H and O–H groups in total. The predicted octanol–water partition coefficient (Wildman–Crippen LogP) is 2.97. The zero-order valence-electron chi connectivity index (χ0n) is 10.5. The summed E-state index contributed by atoms with van der Waals surface area (Å²) in [6.07, 6.45) is 4.48. The maximum atomic E-state index is 4.44. The van der Waals surface area contributed by atoms with Crippen molar-refractivity contribution in [2.75, 3.05) is 5.32 Å². The number of imidazole rings is 1. The van der Waals surface area contributed by atoms with Crippen LogP contribution >= 0.6 is 0 Å². The van der Waals surface area contributed by atoms with Crippen LogP contribution in [0.15, 0.2) is 6.20 Å². The summed E-state index contributed by atoms with van der Waals surface area (Å²) in [5.41, 5.74) is 1.07. The Labute approximate surface area is 92.9 Å². The van der Waals surface area contributed by atoms with Crippen LogP contribution in [0.4, 0.5) is 5.95 Å². The molecule has 0 aromatic carbocycles. The van der Waals surface area contributed by atoms with Gasteiger partial charge in [-0.1, -0.05) is 20.3 Å². The second-order valence-corrected chi connectivity index (χ2v) is 4.61. The fourth-order valence-corrected chi connectivity index (χ4v) is 1.80. The Hall–Kier alpha value is -0.990. The molecular weight excluding hydrogens is 186 g/mol. The Balaban J connectivity index is 2.50. The first-order chi connectivity index (χ1) is 7.02. The summed E-state index contributed by atoms with van der Waals surface area (Å²) in [5.74, 6) is 1.75. The first kappa shape index (κ1) is 12.1. The molecule has 0 fully saturated rings. The first-order valence-electron chi connectivity index (χ1n) is 5.79. The molecule has 3 heteroatoms. The highest BCUT2D eigenvalue weighted by molar-refractivity contribution is 5.29. The van der Waals surface area contributed by atoms with Gasteiger partial charge in [0, 0.05) is 19.3 Å². The van der Waals surface area contributed by atoms with Gasteiger partial charge in [-0.15, -0.1) is 0 Å². The van der Waals surface area contributed by atoms with E-state index in [0.29, 0.717) is 6.04 Å². The van der Waals surface area contributed by atoms with E-state index in [0.717, 1.165) is 17.6 Å². The highest BCUT2D eigenvalue weighted by atomic mass is 15.2. The number of anilines is 1. The van der Waals surface area contributed by atoms with Crippen LogP contribution < -0.4 is 5.32 Å².